The molecule has 164 valence electrons. The lowest BCUT2D eigenvalue weighted by Crippen LogP contribution is -2.22. The van der Waals surface area contributed by atoms with Gasteiger partial charge in [-0.15, -0.1) is 0 Å². The summed E-state index contributed by atoms with van der Waals surface area (Å²) >= 11 is 0. The Morgan fingerprint density at radius 3 is 2.65 bits per heavy atom. The van der Waals surface area contributed by atoms with Crippen LogP contribution in [0, 0.1) is 13.8 Å². The molecule has 6 nitrogen and oxygen atoms in total. The maximum Gasteiger partial charge on any atom is 0.251 e. The highest BCUT2D eigenvalue weighted by Crippen LogP contribution is 2.26. The summed E-state index contributed by atoms with van der Waals surface area (Å²) in [7, 11) is 1.70. The number of nitrogens with zero attached hydrogens (tertiary/aromatic N) is 1. The van der Waals surface area contributed by atoms with Crippen molar-refractivity contribution >= 4 is 28.4 Å². The molecule has 6 heteroatoms. The first-order valence-corrected chi connectivity index (χ1v) is 10.7. The summed E-state index contributed by atoms with van der Waals surface area (Å²) in [6.45, 7) is 7.97. The predicted octanol–water partition coefficient (Wildman–Crippen LogP) is 4.57. The molecule has 2 amide bonds. The van der Waals surface area contributed by atoms with Crippen LogP contribution in [0.25, 0.3) is 10.9 Å². The van der Waals surface area contributed by atoms with E-state index in [1.807, 2.05) is 49.4 Å². The van der Waals surface area contributed by atoms with Crippen molar-refractivity contribution in [3.63, 3.8) is 0 Å². The fraction of sp³-hybridized carbons (Fsp3) is 0.360. The van der Waals surface area contributed by atoms with Gasteiger partial charge in [-0.3, -0.25) is 9.59 Å². The molecule has 0 aliphatic rings. The van der Waals surface area contributed by atoms with Gasteiger partial charge in [0.1, 0.15) is 0 Å². The van der Waals surface area contributed by atoms with E-state index in [0.717, 1.165) is 35.1 Å². The Balaban J connectivity index is 1.71. The molecule has 0 radical (unpaired) electrons. The average molecular weight is 422 g/mol. The molecule has 0 fully saturated rings. The average Bonchev–Trinajstić information content (AvgIpc) is 3.00. The van der Waals surface area contributed by atoms with E-state index in [4.69, 9.17) is 4.74 Å². The lowest BCUT2D eigenvalue weighted by Gasteiger charge is -2.10. The molecule has 0 spiro atoms. The van der Waals surface area contributed by atoms with E-state index >= 15 is 0 Å². The Hall–Kier alpha value is -3.12. The SMILES string of the molecule is CCCC(=O)Nc1cccc(CNC(=O)c2ccc3c(c2)c(C)c(C)n3CCOC)c1. The van der Waals surface area contributed by atoms with Crippen molar-refractivity contribution < 1.29 is 14.3 Å². The number of carbonyl (C=O) groups is 2. The number of amides is 2. The van der Waals surface area contributed by atoms with Gasteiger partial charge in [-0.25, -0.2) is 0 Å². The molecule has 0 bridgehead atoms. The van der Waals surface area contributed by atoms with Crippen LogP contribution in [0.2, 0.25) is 0 Å². The van der Waals surface area contributed by atoms with Gasteiger partial charge >= 0.3 is 0 Å². The fourth-order valence-electron chi connectivity index (χ4n) is 3.76. The summed E-state index contributed by atoms with van der Waals surface area (Å²) in [5.74, 6) is -0.121. The van der Waals surface area contributed by atoms with Crippen LogP contribution < -0.4 is 10.6 Å². The molecule has 3 aromatic rings. The van der Waals surface area contributed by atoms with E-state index in [1.54, 1.807) is 7.11 Å². The number of hydrogen-bond acceptors (Lipinski definition) is 3. The molecule has 0 aliphatic heterocycles. The van der Waals surface area contributed by atoms with Crippen LogP contribution in [0.4, 0.5) is 5.69 Å². The van der Waals surface area contributed by atoms with Crippen molar-refractivity contribution in [1.29, 1.82) is 0 Å². The van der Waals surface area contributed by atoms with Gasteiger partial charge in [0.2, 0.25) is 5.91 Å². The zero-order chi connectivity index (χ0) is 22.4. The van der Waals surface area contributed by atoms with Crippen LogP contribution in [0.3, 0.4) is 0 Å². The second-order valence-electron chi connectivity index (χ2n) is 7.77. The molecule has 1 aromatic heterocycles. The normalized spacial score (nSPS) is 11.0. The zero-order valence-corrected chi connectivity index (χ0v) is 18.7. The topological polar surface area (TPSA) is 72.4 Å². The third-order valence-electron chi connectivity index (χ3n) is 5.56. The molecule has 2 N–H and O–H groups in total. The molecule has 31 heavy (non-hydrogen) atoms. The summed E-state index contributed by atoms with van der Waals surface area (Å²) in [5, 5.41) is 6.96. The summed E-state index contributed by atoms with van der Waals surface area (Å²) in [6.07, 6.45) is 1.30. The number of ether oxygens (including phenoxy) is 1. The lowest BCUT2D eigenvalue weighted by atomic mass is 10.1. The molecule has 3 rings (SSSR count). The Kier molecular flexibility index (Phi) is 7.47. The minimum Gasteiger partial charge on any atom is -0.383 e. The number of aryl methyl sites for hydroxylation is 1. The van der Waals surface area contributed by atoms with Crippen LogP contribution in [0.15, 0.2) is 42.5 Å². The first kappa shape index (κ1) is 22.6. The Morgan fingerprint density at radius 2 is 1.90 bits per heavy atom. The van der Waals surface area contributed by atoms with Crippen LogP contribution >= 0.6 is 0 Å². The highest BCUT2D eigenvalue weighted by atomic mass is 16.5. The van der Waals surface area contributed by atoms with Crippen LogP contribution in [-0.2, 0) is 22.6 Å². The molecular weight excluding hydrogens is 390 g/mol. The number of fused-ring (bicyclic) bond motifs is 1. The van der Waals surface area contributed by atoms with E-state index in [0.29, 0.717) is 25.1 Å². The van der Waals surface area contributed by atoms with Crippen molar-refractivity contribution in [3.05, 3.63) is 64.8 Å². The number of methoxy groups -OCH3 is 1. The Morgan fingerprint density at radius 1 is 1.10 bits per heavy atom. The second-order valence-corrected chi connectivity index (χ2v) is 7.77. The molecule has 0 unspecified atom stereocenters. The fourth-order valence-corrected chi connectivity index (χ4v) is 3.76. The monoisotopic (exact) mass is 421 g/mol. The first-order valence-electron chi connectivity index (χ1n) is 10.7. The van der Waals surface area contributed by atoms with Gasteiger partial charge in [0.05, 0.1) is 6.61 Å². The minimum atomic E-state index is -0.121. The highest BCUT2D eigenvalue weighted by molar-refractivity contribution is 5.99. The number of aromatic nitrogens is 1. The third-order valence-corrected chi connectivity index (χ3v) is 5.56. The number of carbonyl (C=O) groups excluding carboxylic acids is 2. The lowest BCUT2D eigenvalue weighted by molar-refractivity contribution is -0.116. The van der Waals surface area contributed by atoms with Gasteiger partial charge in [0.25, 0.3) is 5.91 Å². The summed E-state index contributed by atoms with van der Waals surface area (Å²) in [4.78, 5) is 24.6. The molecule has 1 heterocycles. The standard InChI is InChI=1S/C25H31N3O3/c1-5-7-24(29)27-21-9-6-8-19(14-21)16-26-25(30)20-10-11-23-22(15-20)17(2)18(3)28(23)12-13-31-4/h6,8-11,14-15H,5,7,12-13,16H2,1-4H3,(H,26,30)(H,27,29). The molecular formula is C25H31N3O3. The van der Waals surface area contributed by atoms with Crippen molar-refractivity contribution in [2.24, 2.45) is 0 Å². The Bertz CT molecular complexity index is 1090. The van der Waals surface area contributed by atoms with E-state index in [9.17, 15) is 9.59 Å². The van der Waals surface area contributed by atoms with Gasteiger partial charge in [-0.1, -0.05) is 19.1 Å². The van der Waals surface area contributed by atoms with E-state index < -0.39 is 0 Å². The first-order chi connectivity index (χ1) is 14.9. The molecule has 0 aliphatic carbocycles. The maximum atomic E-state index is 12.8. The number of nitrogens with one attached hydrogen (secondary N) is 2. The molecule has 0 saturated heterocycles. The van der Waals surface area contributed by atoms with Crippen molar-refractivity contribution in [2.75, 3.05) is 19.0 Å². The summed E-state index contributed by atoms with van der Waals surface area (Å²) < 4.78 is 7.46. The van der Waals surface area contributed by atoms with E-state index in [2.05, 4.69) is 29.0 Å². The van der Waals surface area contributed by atoms with Crippen LogP contribution in [-0.4, -0.2) is 30.1 Å². The number of anilines is 1. The predicted molar refractivity (Wildman–Crippen MR) is 124 cm³/mol. The largest absolute Gasteiger partial charge is 0.383 e. The minimum absolute atomic E-state index is 0.0000811. The smallest absolute Gasteiger partial charge is 0.251 e. The highest BCUT2D eigenvalue weighted by Gasteiger charge is 2.14. The van der Waals surface area contributed by atoms with Gasteiger partial charge in [-0.2, -0.15) is 0 Å². The van der Waals surface area contributed by atoms with Crippen molar-refractivity contribution in [3.8, 4) is 0 Å². The van der Waals surface area contributed by atoms with Gasteiger partial charge in [0, 0.05) is 54.5 Å². The summed E-state index contributed by atoms with van der Waals surface area (Å²) in [5.41, 5.74) is 5.78. The van der Waals surface area contributed by atoms with Crippen molar-refractivity contribution in [1.82, 2.24) is 9.88 Å². The molecule has 0 saturated carbocycles. The van der Waals surface area contributed by atoms with Gasteiger partial charge in [0.15, 0.2) is 0 Å². The second kappa shape index (κ2) is 10.3. The van der Waals surface area contributed by atoms with Gasteiger partial charge < -0.3 is 19.9 Å². The van der Waals surface area contributed by atoms with E-state index in [-0.39, 0.29) is 11.8 Å². The van der Waals surface area contributed by atoms with Crippen LogP contribution in [0.5, 0.6) is 0 Å². The molecule has 2 aromatic carbocycles. The summed E-state index contributed by atoms with van der Waals surface area (Å²) in [6, 6.07) is 13.4. The van der Waals surface area contributed by atoms with Crippen LogP contribution in [0.1, 0.15) is 46.9 Å². The van der Waals surface area contributed by atoms with Gasteiger partial charge in [-0.05, 0) is 61.7 Å². The maximum absolute atomic E-state index is 12.8. The van der Waals surface area contributed by atoms with Crippen molar-refractivity contribution in [2.45, 2.75) is 46.7 Å². The van der Waals surface area contributed by atoms with E-state index in [1.165, 1.54) is 11.3 Å². The Labute approximate surface area is 183 Å². The number of benzene rings is 2. The number of hydrogen-bond donors (Lipinski definition) is 2. The number of rotatable bonds is 9. The quantitative estimate of drug-likeness (QED) is 0.531. The third kappa shape index (κ3) is 5.33. The molecule has 0 atom stereocenters. The zero-order valence-electron chi connectivity index (χ0n) is 18.7.